The first-order valence-corrected chi connectivity index (χ1v) is 3.73. The van der Waals surface area contributed by atoms with Crippen LogP contribution in [0.2, 0.25) is 0 Å². The highest BCUT2D eigenvalue weighted by atomic mass is 32.1. The summed E-state index contributed by atoms with van der Waals surface area (Å²) in [6.45, 7) is 0.888. The summed E-state index contributed by atoms with van der Waals surface area (Å²) in [6, 6.07) is 0. The van der Waals surface area contributed by atoms with Gasteiger partial charge < -0.3 is 11.1 Å². The number of amides is 1. The molecule has 1 saturated heterocycles. The zero-order valence-corrected chi connectivity index (χ0v) is 7.17. The van der Waals surface area contributed by atoms with E-state index in [2.05, 4.69) is 30.2 Å². The SMILES string of the molecule is NC(=S)S.O=C1CCCN1. The van der Waals surface area contributed by atoms with Crippen molar-refractivity contribution in [1.82, 2.24) is 5.32 Å². The number of carbonyl (C=O) groups excluding carboxylic acids is 1. The molecule has 0 aromatic heterocycles. The Morgan fingerprint density at radius 3 is 2.40 bits per heavy atom. The van der Waals surface area contributed by atoms with Crippen molar-refractivity contribution in [3.63, 3.8) is 0 Å². The third-order valence-electron chi connectivity index (χ3n) is 0.903. The molecular formula is C5H10N2OS2. The van der Waals surface area contributed by atoms with Crippen molar-refractivity contribution in [2.75, 3.05) is 6.54 Å². The lowest BCUT2D eigenvalue weighted by molar-refractivity contribution is -0.119. The smallest absolute Gasteiger partial charge is 0.220 e. The van der Waals surface area contributed by atoms with E-state index in [1.54, 1.807) is 0 Å². The Morgan fingerprint density at radius 2 is 2.30 bits per heavy atom. The molecule has 1 rings (SSSR count). The van der Waals surface area contributed by atoms with Crippen molar-refractivity contribution >= 4 is 35.1 Å². The van der Waals surface area contributed by atoms with Gasteiger partial charge in [0.05, 0.1) is 0 Å². The first kappa shape index (κ1) is 9.71. The van der Waals surface area contributed by atoms with Crippen molar-refractivity contribution in [2.24, 2.45) is 5.73 Å². The number of hydrogen-bond acceptors (Lipinski definition) is 2. The van der Waals surface area contributed by atoms with Crippen molar-refractivity contribution in [3.05, 3.63) is 0 Å². The molecule has 1 amide bonds. The molecule has 3 N–H and O–H groups in total. The number of nitrogens with two attached hydrogens (primary N) is 1. The van der Waals surface area contributed by atoms with Crippen LogP contribution in [-0.2, 0) is 4.79 Å². The largest absolute Gasteiger partial charge is 0.385 e. The molecule has 5 heteroatoms. The second-order valence-electron chi connectivity index (χ2n) is 1.79. The summed E-state index contributed by atoms with van der Waals surface area (Å²) in [7, 11) is 0. The Kier molecular flexibility index (Phi) is 5.33. The van der Waals surface area contributed by atoms with Gasteiger partial charge in [-0.15, -0.1) is 12.6 Å². The van der Waals surface area contributed by atoms with E-state index in [0.717, 1.165) is 19.4 Å². The van der Waals surface area contributed by atoms with Crippen molar-refractivity contribution in [1.29, 1.82) is 0 Å². The molecule has 0 atom stereocenters. The number of rotatable bonds is 0. The average Bonchev–Trinajstić information content (AvgIpc) is 2.15. The molecule has 0 spiro atoms. The zero-order valence-electron chi connectivity index (χ0n) is 5.46. The minimum Gasteiger partial charge on any atom is -0.385 e. The number of hydrogen-bond donors (Lipinski definition) is 3. The highest BCUT2D eigenvalue weighted by Crippen LogP contribution is 1.93. The fourth-order valence-corrected chi connectivity index (χ4v) is 0.565. The van der Waals surface area contributed by atoms with Crippen LogP contribution in [0, 0.1) is 0 Å². The first-order valence-electron chi connectivity index (χ1n) is 2.88. The predicted molar refractivity (Wildman–Crippen MR) is 48.0 cm³/mol. The Balaban J connectivity index is 0.000000180. The van der Waals surface area contributed by atoms with Gasteiger partial charge in [-0.3, -0.25) is 4.79 Å². The quantitative estimate of drug-likeness (QED) is 0.363. The molecule has 0 saturated carbocycles. The third kappa shape index (κ3) is 7.71. The second kappa shape index (κ2) is 5.49. The molecule has 0 aliphatic carbocycles. The maximum Gasteiger partial charge on any atom is 0.220 e. The lowest BCUT2D eigenvalue weighted by Gasteiger charge is -1.80. The van der Waals surface area contributed by atoms with Gasteiger partial charge >= 0.3 is 0 Å². The van der Waals surface area contributed by atoms with Gasteiger partial charge in [0.1, 0.15) is 4.32 Å². The van der Waals surface area contributed by atoms with E-state index in [4.69, 9.17) is 5.73 Å². The summed E-state index contributed by atoms with van der Waals surface area (Å²) in [4.78, 5) is 10.1. The molecule has 3 nitrogen and oxygen atoms in total. The van der Waals surface area contributed by atoms with E-state index >= 15 is 0 Å². The predicted octanol–water partition coefficient (Wildman–Crippen LogP) is 0.0562. The lowest BCUT2D eigenvalue weighted by Crippen LogP contribution is -2.12. The van der Waals surface area contributed by atoms with Crippen molar-refractivity contribution in [3.8, 4) is 0 Å². The maximum absolute atomic E-state index is 10.1. The zero-order chi connectivity index (χ0) is 7.98. The number of carbonyl (C=O) groups is 1. The molecule has 1 aliphatic rings. The lowest BCUT2D eigenvalue weighted by atomic mass is 10.4. The summed E-state index contributed by atoms with van der Waals surface area (Å²) in [5, 5.41) is 2.68. The standard InChI is InChI=1S/C4H7NO.CH3NS2/c6-4-2-1-3-5-4;2-1(3)4/h1-3H2,(H,5,6);(H3,2,3,4). The number of nitrogens with one attached hydrogen (secondary N) is 1. The van der Waals surface area contributed by atoms with Crippen LogP contribution >= 0.6 is 24.8 Å². The Labute approximate surface area is 70.8 Å². The molecule has 1 aliphatic heterocycles. The summed E-state index contributed by atoms with van der Waals surface area (Å²) < 4.78 is 0.194. The molecule has 0 aromatic carbocycles. The van der Waals surface area contributed by atoms with Gasteiger partial charge in [-0.2, -0.15) is 0 Å². The number of thiol groups is 1. The summed E-state index contributed by atoms with van der Waals surface area (Å²) >= 11 is 7.65. The normalized spacial score (nSPS) is 15.1. The van der Waals surface area contributed by atoms with E-state index in [-0.39, 0.29) is 10.2 Å². The van der Waals surface area contributed by atoms with E-state index in [9.17, 15) is 4.79 Å². The van der Waals surface area contributed by atoms with Crippen LogP contribution in [0.1, 0.15) is 12.8 Å². The van der Waals surface area contributed by atoms with Gasteiger partial charge in [-0.1, -0.05) is 12.2 Å². The van der Waals surface area contributed by atoms with E-state index < -0.39 is 0 Å². The van der Waals surface area contributed by atoms with Gasteiger partial charge in [0, 0.05) is 13.0 Å². The van der Waals surface area contributed by atoms with Crippen LogP contribution in [0.4, 0.5) is 0 Å². The minimum absolute atomic E-state index is 0.194. The molecule has 1 heterocycles. The van der Waals surface area contributed by atoms with Crippen molar-refractivity contribution < 1.29 is 4.79 Å². The van der Waals surface area contributed by atoms with Crippen LogP contribution in [0.3, 0.4) is 0 Å². The average molecular weight is 178 g/mol. The topological polar surface area (TPSA) is 55.1 Å². The summed E-state index contributed by atoms with van der Waals surface area (Å²) in [5.41, 5.74) is 4.71. The van der Waals surface area contributed by atoms with E-state index in [0.29, 0.717) is 0 Å². The highest BCUT2D eigenvalue weighted by Gasteiger charge is 2.05. The van der Waals surface area contributed by atoms with Gasteiger partial charge in [-0.05, 0) is 6.42 Å². The van der Waals surface area contributed by atoms with E-state index in [1.165, 1.54) is 0 Å². The van der Waals surface area contributed by atoms with Crippen LogP contribution in [0.5, 0.6) is 0 Å². The fraction of sp³-hybridized carbons (Fsp3) is 0.600. The minimum atomic E-state index is 0.194. The molecule has 10 heavy (non-hydrogen) atoms. The molecule has 0 unspecified atom stereocenters. The highest BCUT2D eigenvalue weighted by molar-refractivity contribution is 8.10. The molecule has 1 fully saturated rings. The fourth-order valence-electron chi connectivity index (χ4n) is 0.565. The Bertz CT molecular complexity index is 126. The summed E-state index contributed by atoms with van der Waals surface area (Å²) in [6.07, 6.45) is 1.76. The monoisotopic (exact) mass is 178 g/mol. The molecular weight excluding hydrogens is 168 g/mol. The van der Waals surface area contributed by atoms with Crippen LogP contribution in [0.25, 0.3) is 0 Å². The molecule has 58 valence electrons. The molecule has 0 radical (unpaired) electrons. The Hall–Kier alpha value is -0.290. The van der Waals surface area contributed by atoms with E-state index in [1.807, 2.05) is 0 Å². The van der Waals surface area contributed by atoms with Gasteiger partial charge in [0.25, 0.3) is 0 Å². The Morgan fingerprint density at radius 1 is 1.80 bits per heavy atom. The third-order valence-corrected chi connectivity index (χ3v) is 0.903. The van der Waals surface area contributed by atoms with Crippen molar-refractivity contribution in [2.45, 2.75) is 12.8 Å². The molecule has 0 bridgehead atoms. The number of thiocarbonyl (C=S) groups is 1. The van der Waals surface area contributed by atoms with Crippen LogP contribution < -0.4 is 11.1 Å². The van der Waals surface area contributed by atoms with Crippen LogP contribution in [-0.4, -0.2) is 16.8 Å². The van der Waals surface area contributed by atoms with Gasteiger partial charge in [-0.25, -0.2) is 0 Å². The maximum atomic E-state index is 10.1. The van der Waals surface area contributed by atoms with Gasteiger partial charge in [0.15, 0.2) is 0 Å². The molecule has 0 aromatic rings. The second-order valence-corrected chi connectivity index (χ2v) is 3.02. The van der Waals surface area contributed by atoms with Gasteiger partial charge in [0.2, 0.25) is 5.91 Å². The summed E-state index contributed by atoms with van der Waals surface area (Å²) in [5.74, 6) is 0.204. The first-order chi connectivity index (χ1) is 4.63. The van der Waals surface area contributed by atoms with Crippen LogP contribution in [0.15, 0.2) is 0 Å².